The summed E-state index contributed by atoms with van der Waals surface area (Å²) < 4.78 is 20.6. The Bertz CT molecular complexity index is 1210. The molecule has 0 spiro atoms. The van der Waals surface area contributed by atoms with Crippen LogP contribution in [0.3, 0.4) is 0 Å². The van der Waals surface area contributed by atoms with Crippen molar-refractivity contribution in [3.8, 4) is 5.69 Å². The van der Waals surface area contributed by atoms with Gasteiger partial charge in [-0.05, 0) is 61.7 Å². The van der Waals surface area contributed by atoms with Gasteiger partial charge in [-0.3, -0.25) is 4.79 Å². The van der Waals surface area contributed by atoms with Gasteiger partial charge in [0.25, 0.3) is 5.91 Å². The summed E-state index contributed by atoms with van der Waals surface area (Å²) in [6.07, 6.45) is 4.38. The van der Waals surface area contributed by atoms with Gasteiger partial charge in [0.1, 0.15) is 11.3 Å². The van der Waals surface area contributed by atoms with E-state index in [0.29, 0.717) is 29.3 Å². The number of hydrogen-bond acceptors (Lipinski definition) is 4. The average Bonchev–Trinajstić information content (AvgIpc) is 3.34. The monoisotopic (exact) mass is 390 g/mol. The number of nitrogens with zero attached hydrogens (tertiary/aromatic N) is 3. The van der Waals surface area contributed by atoms with Crippen molar-refractivity contribution in [1.82, 2.24) is 14.8 Å². The SMILES string of the molecule is CCc1c(C(=O)Nc2ccc3oc(C4CC4)nc3c2)cnn1-c1ccc(F)cc1. The Labute approximate surface area is 166 Å². The van der Waals surface area contributed by atoms with Gasteiger partial charge in [0, 0.05) is 11.6 Å². The van der Waals surface area contributed by atoms with E-state index in [1.54, 1.807) is 22.9 Å². The third-order valence-corrected chi connectivity index (χ3v) is 5.11. The molecule has 1 fully saturated rings. The molecule has 146 valence electrons. The van der Waals surface area contributed by atoms with Gasteiger partial charge in [0.05, 0.1) is 23.1 Å². The fraction of sp³-hybridized carbons (Fsp3) is 0.227. The minimum absolute atomic E-state index is 0.250. The highest BCUT2D eigenvalue weighted by Gasteiger charge is 2.29. The largest absolute Gasteiger partial charge is 0.440 e. The van der Waals surface area contributed by atoms with Gasteiger partial charge in [-0.2, -0.15) is 5.10 Å². The van der Waals surface area contributed by atoms with Crippen molar-refractivity contribution < 1.29 is 13.6 Å². The van der Waals surface area contributed by atoms with Gasteiger partial charge in [-0.1, -0.05) is 6.92 Å². The zero-order chi connectivity index (χ0) is 20.0. The van der Waals surface area contributed by atoms with Gasteiger partial charge >= 0.3 is 0 Å². The molecule has 29 heavy (non-hydrogen) atoms. The van der Waals surface area contributed by atoms with Crippen LogP contribution >= 0.6 is 0 Å². The van der Waals surface area contributed by atoms with Crippen molar-refractivity contribution in [2.24, 2.45) is 0 Å². The lowest BCUT2D eigenvalue weighted by atomic mass is 10.1. The fourth-order valence-corrected chi connectivity index (χ4v) is 3.43. The smallest absolute Gasteiger partial charge is 0.259 e. The molecule has 1 aliphatic carbocycles. The van der Waals surface area contributed by atoms with Crippen LogP contribution in [0.25, 0.3) is 16.8 Å². The second kappa shape index (κ2) is 6.84. The first-order chi connectivity index (χ1) is 14.1. The highest BCUT2D eigenvalue weighted by atomic mass is 19.1. The van der Waals surface area contributed by atoms with E-state index in [-0.39, 0.29) is 11.7 Å². The first-order valence-electron chi connectivity index (χ1n) is 9.67. The number of oxazole rings is 1. The second-order valence-corrected chi connectivity index (χ2v) is 7.21. The number of nitrogens with one attached hydrogen (secondary N) is 1. The molecule has 4 aromatic rings. The zero-order valence-corrected chi connectivity index (χ0v) is 15.9. The van der Waals surface area contributed by atoms with Crippen molar-refractivity contribution in [1.29, 1.82) is 0 Å². The first-order valence-corrected chi connectivity index (χ1v) is 9.67. The highest BCUT2D eigenvalue weighted by molar-refractivity contribution is 6.05. The maximum absolute atomic E-state index is 13.2. The maximum atomic E-state index is 13.2. The summed E-state index contributed by atoms with van der Waals surface area (Å²) in [6.45, 7) is 1.95. The lowest BCUT2D eigenvalue weighted by molar-refractivity contribution is 0.102. The van der Waals surface area contributed by atoms with Gasteiger partial charge in [0.2, 0.25) is 0 Å². The molecule has 2 aromatic heterocycles. The van der Waals surface area contributed by atoms with E-state index in [2.05, 4.69) is 15.4 Å². The third kappa shape index (κ3) is 3.29. The maximum Gasteiger partial charge on any atom is 0.259 e. The third-order valence-electron chi connectivity index (χ3n) is 5.11. The van der Waals surface area contributed by atoms with E-state index in [1.165, 1.54) is 18.3 Å². The van der Waals surface area contributed by atoms with Crippen molar-refractivity contribution in [3.05, 3.63) is 71.6 Å². The number of rotatable bonds is 5. The normalized spacial score (nSPS) is 13.7. The van der Waals surface area contributed by atoms with Gasteiger partial charge in [0.15, 0.2) is 11.5 Å². The number of anilines is 1. The van der Waals surface area contributed by atoms with Crippen LogP contribution in [0.1, 0.15) is 47.6 Å². The number of hydrogen-bond donors (Lipinski definition) is 1. The van der Waals surface area contributed by atoms with Crippen LogP contribution in [0, 0.1) is 5.82 Å². The van der Waals surface area contributed by atoms with Crippen LogP contribution in [-0.4, -0.2) is 20.7 Å². The lowest BCUT2D eigenvalue weighted by Crippen LogP contribution is -2.14. The number of carbonyl (C=O) groups excluding carboxylic acids is 1. The molecule has 0 saturated heterocycles. The van der Waals surface area contributed by atoms with Crippen molar-refractivity contribution >= 4 is 22.7 Å². The summed E-state index contributed by atoms with van der Waals surface area (Å²) in [6, 6.07) is 11.5. The topological polar surface area (TPSA) is 73.0 Å². The van der Waals surface area contributed by atoms with Crippen LogP contribution in [-0.2, 0) is 6.42 Å². The molecule has 0 bridgehead atoms. The molecular weight excluding hydrogens is 371 g/mol. The van der Waals surface area contributed by atoms with Gasteiger partial charge in [-0.25, -0.2) is 14.1 Å². The molecule has 1 saturated carbocycles. The van der Waals surface area contributed by atoms with E-state index in [0.717, 1.165) is 35.5 Å². The Balaban J connectivity index is 1.41. The molecule has 2 aromatic carbocycles. The average molecular weight is 390 g/mol. The predicted molar refractivity (Wildman–Crippen MR) is 107 cm³/mol. The molecule has 0 aliphatic heterocycles. The fourth-order valence-electron chi connectivity index (χ4n) is 3.43. The number of fused-ring (bicyclic) bond motifs is 1. The number of carbonyl (C=O) groups is 1. The predicted octanol–water partition coefficient (Wildman–Crippen LogP) is 4.84. The zero-order valence-electron chi connectivity index (χ0n) is 15.9. The second-order valence-electron chi connectivity index (χ2n) is 7.21. The van der Waals surface area contributed by atoms with Gasteiger partial charge in [-0.15, -0.1) is 0 Å². The summed E-state index contributed by atoms with van der Waals surface area (Å²) in [5.41, 5.74) is 4.06. The van der Waals surface area contributed by atoms with E-state index < -0.39 is 0 Å². The van der Waals surface area contributed by atoms with E-state index in [9.17, 15) is 9.18 Å². The molecule has 0 unspecified atom stereocenters. The summed E-state index contributed by atoms with van der Waals surface area (Å²) in [5.74, 6) is 0.646. The summed E-state index contributed by atoms with van der Waals surface area (Å²) in [4.78, 5) is 17.4. The number of halogens is 1. The lowest BCUT2D eigenvalue weighted by Gasteiger charge is -2.08. The molecule has 6 nitrogen and oxygen atoms in total. The minimum Gasteiger partial charge on any atom is -0.440 e. The van der Waals surface area contributed by atoms with E-state index in [1.807, 2.05) is 19.1 Å². The number of aromatic nitrogens is 3. The minimum atomic E-state index is -0.315. The Kier molecular flexibility index (Phi) is 4.16. The standard InChI is InChI=1S/C22H19FN4O2/c1-2-19-17(12-24-27(19)16-8-5-14(23)6-9-16)21(28)25-15-7-10-20-18(11-15)26-22(29-20)13-3-4-13/h5-13H,2-4H2,1H3,(H,25,28). The number of amides is 1. The van der Waals surface area contributed by atoms with Crippen molar-refractivity contribution in [3.63, 3.8) is 0 Å². The molecular formula is C22H19FN4O2. The molecule has 5 rings (SSSR count). The Hall–Kier alpha value is -3.48. The van der Waals surface area contributed by atoms with Crippen LogP contribution in [0.4, 0.5) is 10.1 Å². The highest BCUT2D eigenvalue weighted by Crippen LogP contribution is 2.40. The van der Waals surface area contributed by atoms with E-state index in [4.69, 9.17) is 4.42 Å². The van der Waals surface area contributed by atoms with Gasteiger partial charge < -0.3 is 9.73 Å². The molecule has 1 N–H and O–H groups in total. The molecule has 2 heterocycles. The Morgan fingerprint density at radius 2 is 2.03 bits per heavy atom. The van der Waals surface area contributed by atoms with Crippen LogP contribution in [0.5, 0.6) is 0 Å². The molecule has 1 aliphatic rings. The first kappa shape index (κ1) is 17.6. The molecule has 0 radical (unpaired) electrons. The molecule has 1 amide bonds. The Morgan fingerprint density at radius 3 is 2.76 bits per heavy atom. The number of benzene rings is 2. The summed E-state index contributed by atoms with van der Waals surface area (Å²) >= 11 is 0. The Morgan fingerprint density at radius 1 is 1.24 bits per heavy atom. The molecule has 7 heteroatoms. The van der Waals surface area contributed by atoms with Crippen molar-refractivity contribution in [2.75, 3.05) is 5.32 Å². The molecule has 0 atom stereocenters. The quantitative estimate of drug-likeness (QED) is 0.529. The summed E-state index contributed by atoms with van der Waals surface area (Å²) in [5, 5.41) is 7.25. The van der Waals surface area contributed by atoms with Crippen molar-refractivity contribution in [2.45, 2.75) is 32.1 Å². The van der Waals surface area contributed by atoms with Crippen LogP contribution in [0.2, 0.25) is 0 Å². The summed E-state index contributed by atoms with van der Waals surface area (Å²) in [7, 11) is 0. The van der Waals surface area contributed by atoms with E-state index >= 15 is 0 Å². The van der Waals surface area contributed by atoms with Crippen LogP contribution < -0.4 is 5.32 Å². The van der Waals surface area contributed by atoms with Crippen LogP contribution in [0.15, 0.2) is 53.1 Å².